The van der Waals surface area contributed by atoms with Crippen molar-refractivity contribution in [1.29, 1.82) is 0 Å². The molecule has 11 atom stereocenters. The molecule has 1 saturated heterocycles. The fourth-order valence-electron chi connectivity index (χ4n) is 5.82. The Balaban J connectivity index is 1.05. The first-order valence-electron chi connectivity index (χ1n) is 15.6. The van der Waals surface area contributed by atoms with Crippen LogP contribution in [0.15, 0.2) is 36.7 Å². The number of rotatable bonds is 13. The monoisotopic (exact) mass is 787 g/mol. The quantitative estimate of drug-likeness (QED) is 0.0597. The lowest BCUT2D eigenvalue weighted by Gasteiger charge is -2.31. The minimum atomic E-state index is -5.54. The Morgan fingerprint density at radius 1 is 1.00 bits per heavy atom. The first-order valence-corrected chi connectivity index (χ1v) is 18.6. The predicted molar refractivity (Wildman–Crippen MR) is 180 cm³/mol. The first-order chi connectivity index (χ1) is 24.9. The third-order valence-corrected chi connectivity index (χ3v) is 11.3. The number of fused-ring (bicyclic) bond motifs is 3. The van der Waals surface area contributed by atoms with Crippen molar-refractivity contribution in [3.63, 3.8) is 0 Å². The number of nitrogens with one attached hydrogen (secondary N) is 1. The fraction of sp³-hybridized carbons (Fsp3) is 0.519. The number of ether oxygens (including phenoxy) is 1. The molecule has 288 valence electrons. The van der Waals surface area contributed by atoms with Crippen LogP contribution in [0.1, 0.15) is 11.1 Å². The van der Waals surface area contributed by atoms with E-state index in [0.29, 0.717) is 5.52 Å². The highest BCUT2D eigenvalue weighted by molar-refractivity contribution is 7.61. The third-order valence-electron chi connectivity index (χ3n) is 8.71. The number of phosphoric ester groups is 2. The van der Waals surface area contributed by atoms with Crippen molar-refractivity contribution < 1.29 is 62.5 Å². The molecule has 53 heavy (non-hydrogen) atoms. The molecule has 26 heteroatoms. The van der Waals surface area contributed by atoms with Crippen LogP contribution in [0.25, 0.3) is 22.6 Å². The number of aliphatic imine (C=N–C) groups is 3. The Kier molecular flexibility index (Phi) is 10.8. The Labute approximate surface area is 297 Å². The van der Waals surface area contributed by atoms with E-state index in [0.717, 1.165) is 11.1 Å². The van der Waals surface area contributed by atoms with Crippen LogP contribution in [-0.2, 0) is 33.8 Å². The summed E-state index contributed by atoms with van der Waals surface area (Å²) in [7, 11) is -11.0. The van der Waals surface area contributed by atoms with Crippen molar-refractivity contribution in [3.8, 4) is 11.5 Å². The summed E-state index contributed by atoms with van der Waals surface area (Å²) in [4.78, 5) is 68.3. The summed E-state index contributed by atoms with van der Waals surface area (Å²) < 4.78 is 45.4. The van der Waals surface area contributed by atoms with Gasteiger partial charge >= 0.3 is 21.3 Å². The lowest BCUT2D eigenvalue weighted by Crippen LogP contribution is -2.51. The second-order valence-electron chi connectivity index (χ2n) is 12.4. The number of H-pyrrole nitrogens is 1. The summed E-state index contributed by atoms with van der Waals surface area (Å²) >= 11 is 0. The van der Waals surface area contributed by atoms with Gasteiger partial charge in [0, 0.05) is 0 Å². The fourth-order valence-corrected chi connectivity index (χ4v) is 7.92. The molecule has 24 nitrogen and oxygen atoms in total. The molecule has 5 heterocycles. The summed E-state index contributed by atoms with van der Waals surface area (Å²) in [5.41, 5.74) is 5.87. The average molecular weight is 788 g/mol. The number of nitrogens with zero attached hydrogens (tertiary/aromatic N) is 7. The van der Waals surface area contributed by atoms with Gasteiger partial charge in [0.2, 0.25) is 0 Å². The molecular formula is C27H35N9O15P2. The molecule has 0 saturated carbocycles. The number of aromatic amines is 1. The van der Waals surface area contributed by atoms with Gasteiger partial charge < -0.3 is 55.3 Å². The zero-order valence-corrected chi connectivity index (χ0v) is 29.4. The molecule has 6 rings (SSSR count). The number of nitrogens with two attached hydrogens (primary N) is 1. The second kappa shape index (κ2) is 14.8. The van der Waals surface area contributed by atoms with Crippen molar-refractivity contribution in [3.05, 3.63) is 44.1 Å². The van der Waals surface area contributed by atoms with Crippen LogP contribution in [0, 0.1) is 13.8 Å². The van der Waals surface area contributed by atoms with Gasteiger partial charge in [-0.15, -0.1) is 0 Å². The van der Waals surface area contributed by atoms with E-state index in [1.807, 2.05) is 4.98 Å². The molecule has 5 aliphatic heterocycles. The molecule has 0 amide bonds. The minimum absolute atomic E-state index is 0.150. The summed E-state index contributed by atoms with van der Waals surface area (Å²) in [6.45, 7) is 0.821. The highest BCUT2D eigenvalue weighted by Crippen LogP contribution is 2.60. The number of hydrogen-bond acceptors (Lipinski definition) is 20. The van der Waals surface area contributed by atoms with Gasteiger partial charge in [-0.3, -0.25) is 23.8 Å². The minimum Gasteiger partial charge on any atom is -0.388 e. The normalized spacial score (nSPS) is 28.1. The number of aryl methyl sites for hydroxylation is 2. The SMILES string of the molecule is Cc1cc2nc3c(=O)[nH]c(=O)nc-3n(CC(O)C(O)C(O)COP(=O)(O)OP(=O)(O)OCC3OC(N4C=NC5C(N)=NC=NC54)C(O)C3O)c2cc1C. The largest absolute Gasteiger partial charge is 0.481 e. The maximum atomic E-state index is 12.5. The van der Waals surface area contributed by atoms with Crippen LogP contribution in [0.2, 0.25) is 0 Å². The van der Waals surface area contributed by atoms with E-state index >= 15 is 0 Å². The number of amidine groups is 1. The summed E-state index contributed by atoms with van der Waals surface area (Å²) in [6.07, 6.45) is -10.4. The Morgan fingerprint density at radius 3 is 2.43 bits per heavy atom. The summed E-state index contributed by atoms with van der Waals surface area (Å²) in [5.74, 6) is -0.0900. The van der Waals surface area contributed by atoms with Gasteiger partial charge in [-0.25, -0.2) is 28.9 Å². The van der Waals surface area contributed by atoms with Crippen LogP contribution in [0.4, 0.5) is 0 Å². The van der Waals surface area contributed by atoms with Crippen LogP contribution in [0.5, 0.6) is 0 Å². The topological polar surface area (TPSA) is 360 Å². The molecule has 0 aliphatic carbocycles. The molecule has 11 unspecified atom stereocenters. The number of benzene rings is 1. The Morgan fingerprint density at radius 2 is 1.70 bits per heavy atom. The predicted octanol–water partition coefficient (Wildman–Crippen LogP) is -3.58. The maximum absolute atomic E-state index is 12.5. The van der Waals surface area contributed by atoms with Crippen molar-refractivity contribution in [2.75, 3.05) is 13.2 Å². The summed E-state index contributed by atoms with van der Waals surface area (Å²) in [5, 5.41) is 53.1. The molecule has 5 aliphatic rings. The number of aliphatic hydroxyl groups excluding tert-OH is 5. The van der Waals surface area contributed by atoms with Crippen molar-refractivity contribution in [1.82, 2.24) is 24.4 Å². The molecule has 1 fully saturated rings. The average Bonchev–Trinajstić information content (AvgIpc) is 3.63. The van der Waals surface area contributed by atoms with Gasteiger partial charge in [0.25, 0.3) is 5.56 Å². The van der Waals surface area contributed by atoms with Gasteiger partial charge in [0.05, 0.1) is 37.1 Å². The number of aliphatic hydroxyl groups is 5. The number of aromatic nitrogens is 4. The molecule has 10 N–H and O–H groups in total. The second-order valence-corrected chi connectivity index (χ2v) is 15.4. The van der Waals surface area contributed by atoms with Crippen LogP contribution in [0.3, 0.4) is 0 Å². The van der Waals surface area contributed by atoms with E-state index in [2.05, 4.69) is 33.8 Å². The molecule has 1 aromatic carbocycles. The van der Waals surface area contributed by atoms with Crippen molar-refractivity contribution in [2.24, 2.45) is 20.7 Å². The molecular weight excluding hydrogens is 752 g/mol. The number of phosphoric acid groups is 2. The van der Waals surface area contributed by atoms with Crippen LogP contribution >= 0.6 is 15.6 Å². The molecule has 0 bridgehead atoms. The maximum Gasteiger partial charge on any atom is 0.481 e. The first kappa shape index (κ1) is 38.8. The third kappa shape index (κ3) is 8.00. The zero-order valence-electron chi connectivity index (χ0n) is 27.6. The summed E-state index contributed by atoms with van der Waals surface area (Å²) in [6, 6.07) is 2.62. The Hall–Kier alpha value is -3.87. The van der Waals surface area contributed by atoms with Gasteiger partial charge in [-0.05, 0) is 37.1 Å². The van der Waals surface area contributed by atoms with Gasteiger partial charge in [0.15, 0.2) is 23.9 Å². The van der Waals surface area contributed by atoms with E-state index in [4.69, 9.17) is 15.0 Å². The zero-order chi connectivity index (χ0) is 38.6. The van der Waals surface area contributed by atoms with Crippen LogP contribution in [-0.4, -0.2) is 147 Å². The smallest absolute Gasteiger partial charge is 0.388 e. The standard InChI is InChI=1S/C27H35N9O15P2/c1-10-3-12-13(4-11(10)2)35(24-18(32-12)25(42)34-27(43)33-24)5-14(37)19(39)15(38)6-48-52(44,45)51-53(46,47)49-7-16-20(40)21(41)26(50-16)36-9-31-17-22(28)29-8-30-23(17)36/h3-4,8-9,14-17,19-21,23,26,37-41H,5-7H2,1-2H3,(H,44,45)(H,46,47)(H2,28,29,30)(H,34,42,43). The molecule has 0 spiro atoms. The van der Waals surface area contributed by atoms with Gasteiger partial charge in [-0.1, -0.05) is 0 Å². The van der Waals surface area contributed by atoms with E-state index < -0.39 is 102 Å². The van der Waals surface area contributed by atoms with Gasteiger partial charge in [0.1, 0.15) is 54.8 Å². The molecule has 0 aromatic heterocycles. The Bertz CT molecular complexity index is 2160. The van der Waals surface area contributed by atoms with Crippen LogP contribution < -0.4 is 17.0 Å². The number of hydrogen-bond donors (Lipinski definition) is 9. The van der Waals surface area contributed by atoms with Crippen molar-refractivity contribution in [2.45, 2.75) is 75.5 Å². The molecule has 0 radical (unpaired) electrons. The van der Waals surface area contributed by atoms with Gasteiger partial charge in [-0.2, -0.15) is 9.29 Å². The van der Waals surface area contributed by atoms with E-state index in [-0.39, 0.29) is 22.9 Å². The van der Waals surface area contributed by atoms with E-state index in [9.17, 15) is 54.0 Å². The van der Waals surface area contributed by atoms with E-state index in [1.165, 1.54) is 22.1 Å². The molecule has 1 aromatic rings. The highest BCUT2D eigenvalue weighted by Gasteiger charge is 2.51. The lowest BCUT2D eigenvalue weighted by molar-refractivity contribution is -0.0803. The van der Waals surface area contributed by atoms with E-state index in [1.54, 1.807) is 26.0 Å². The van der Waals surface area contributed by atoms with Crippen molar-refractivity contribution >= 4 is 45.2 Å². The lowest BCUT2D eigenvalue weighted by atomic mass is 10.1. The highest BCUT2D eigenvalue weighted by atomic mass is 31.3.